The second kappa shape index (κ2) is 7.51. The predicted molar refractivity (Wildman–Crippen MR) is 99.1 cm³/mol. The van der Waals surface area contributed by atoms with Crippen molar-refractivity contribution >= 4 is 40.4 Å². The Labute approximate surface area is 154 Å². The normalized spacial score (nSPS) is 13.6. The topological polar surface area (TPSA) is 3.24 Å². The van der Waals surface area contributed by atoms with E-state index in [0.717, 1.165) is 0 Å². The third kappa shape index (κ3) is 4.16. The molecule has 0 radical (unpaired) electrons. The first-order chi connectivity index (χ1) is 8.97. The van der Waals surface area contributed by atoms with Gasteiger partial charge < -0.3 is 0 Å². The molecule has 0 aliphatic heterocycles. The smallest absolute Gasteiger partial charge is 0 e. The Balaban J connectivity index is 0.00000400. The number of halogens is 2. The molecule has 0 saturated carbocycles. The summed E-state index contributed by atoms with van der Waals surface area (Å²) in [5.41, 5.74) is 1.19. The summed E-state index contributed by atoms with van der Waals surface area (Å²) in [6.07, 6.45) is 0. The molecule has 126 valence electrons. The average Bonchev–Trinajstić information content (AvgIpc) is 2.36. The van der Waals surface area contributed by atoms with Crippen molar-refractivity contribution in [2.45, 2.75) is 44.9 Å². The van der Waals surface area contributed by atoms with Crippen LogP contribution in [0.1, 0.15) is 34.6 Å². The summed E-state index contributed by atoms with van der Waals surface area (Å²) in [4.78, 5) is 2.10. The Kier molecular flexibility index (Phi) is 7.76. The maximum atomic E-state index is 7.31. The van der Waals surface area contributed by atoms with Crippen LogP contribution in [-0.4, -0.2) is 30.3 Å². The number of hydrogen-bond donors (Lipinski definition) is 0. The fourth-order valence-electron chi connectivity index (χ4n) is 2.92. The van der Waals surface area contributed by atoms with Gasteiger partial charge in [-0.25, -0.2) is 0 Å². The zero-order valence-corrected chi connectivity index (χ0v) is 18.1. The number of nitrogens with zero attached hydrogens (tertiary/aromatic N) is 1. The van der Waals surface area contributed by atoms with Crippen molar-refractivity contribution in [2.24, 2.45) is 0 Å². The molecule has 0 aromatic heterocycles. The van der Waals surface area contributed by atoms with Crippen molar-refractivity contribution in [3.8, 4) is 0 Å². The minimum absolute atomic E-state index is 0. The molecule has 21 heavy (non-hydrogen) atoms. The van der Waals surface area contributed by atoms with Crippen molar-refractivity contribution in [2.75, 3.05) is 24.9 Å². The van der Waals surface area contributed by atoms with Gasteiger partial charge >= 0.3 is 135 Å². The number of anilines is 1. The van der Waals surface area contributed by atoms with Crippen LogP contribution in [0.5, 0.6) is 0 Å². The first-order valence-electron chi connectivity index (χ1n) is 7.00. The average molecular weight is 443 g/mol. The van der Waals surface area contributed by atoms with E-state index in [1.54, 1.807) is 0 Å². The van der Waals surface area contributed by atoms with Crippen LogP contribution in [0.2, 0.25) is 0 Å². The van der Waals surface area contributed by atoms with E-state index < -0.39 is 6.62 Å². The van der Waals surface area contributed by atoms with Crippen molar-refractivity contribution in [3.63, 3.8) is 0 Å². The molecule has 0 spiro atoms. The largest absolute Gasteiger partial charge is 0 e. The summed E-state index contributed by atoms with van der Waals surface area (Å²) >= 11 is 13.6. The van der Waals surface area contributed by atoms with Crippen molar-refractivity contribution in [1.29, 1.82) is 0 Å². The first kappa shape index (κ1) is 21.7. The van der Waals surface area contributed by atoms with E-state index in [4.69, 9.17) is 22.8 Å². The van der Waals surface area contributed by atoms with Crippen LogP contribution in [0.3, 0.4) is 0 Å². The second-order valence-corrected chi connectivity index (χ2v) is 14.1. The number of benzene rings is 1. The first-order valence-corrected chi connectivity index (χ1v) is 10.5. The zero-order valence-electron chi connectivity index (χ0n) is 14.0. The standard InChI is InChI=1S/C16H28Cl2NP.Pd/c1-15(2,3)20(18,16(4,5)12-17)14-10-8-13(9-11-14)19(6)7;/h8-11,20H,12H2,1-7H3;. The van der Waals surface area contributed by atoms with Crippen LogP contribution >= 0.6 is 29.5 Å². The van der Waals surface area contributed by atoms with E-state index in [1.807, 2.05) is 14.1 Å². The molecule has 0 aliphatic rings. The van der Waals surface area contributed by atoms with E-state index in [9.17, 15) is 0 Å². The Morgan fingerprint density at radius 2 is 1.43 bits per heavy atom. The maximum Gasteiger partial charge on any atom is 0 e. The summed E-state index contributed by atoms with van der Waals surface area (Å²) in [6.45, 7) is 8.82. The van der Waals surface area contributed by atoms with Crippen LogP contribution in [0.15, 0.2) is 24.3 Å². The van der Waals surface area contributed by atoms with Gasteiger partial charge in [0.15, 0.2) is 0 Å². The quantitative estimate of drug-likeness (QED) is 0.356. The van der Waals surface area contributed by atoms with Gasteiger partial charge in [0, 0.05) is 20.4 Å². The Bertz CT molecular complexity index is 454. The van der Waals surface area contributed by atoms with Crippen LogP contribution in [0.4, 0.5) is 5.69 Å². The number of alkyl halides is 1. The monoisotopic (exact) mass is 441 g/mol. The molecule has 0 heterocycles. The SMILES string of the molecule is CN(C)c1ccc([PH](Cl)(C(C)(C)C)C(C)(C)CCl)cc1.[Pd]. The molecule has 0 N–H and O–H groups in total. The summed E-state index contributed by atoms with van der Waals surface area (Å²) in [6, 6.07) is 8.67. The molecular formula is C16H28Cl2NPPd. The van der Waals surface area contributed by atoms with Crippen molar-refractivity contribution < 1.29 is 20.4 Å². The molecule has 0 bridgehead atoms. The third-order valence-electron chi connectivity index (χ3n) is 4.08. The minimum Gasteiger partial charge on any atom is 0 e. The summed E-state index contributed by atoms with van der Waals surface area (Å²) in [5, 5.41) is 1.23. The summed E-state index contributed by atoms with van der Waals surface area (Å²) in [7, 11) is 4.10. The molecule has 1 rings (SSSR count). The van der Waals surface area contributed by atoms with Gasteiger partial charge in [0.2, 0.25) is 0 Å². The third-order valence-corrected chi connectivity index (χ3v) is 14.1. The molecule has 1 aromatic carbocycles. The Hall–Kier alpha value is 0.692. The van der Waals surface area contributed by atoms with Crippen molar-refractivity contribution in [1.82, 2.24) is 0 Å². The molecule has 0 atom stereocenters. The summed E-state index contributed by atoms with van der Waals surface area (Å²) < 4.78 is 0. The maximum absolute atomic E-state index is 7.31. The van der Waals surface area contributed by atoms with Gasteiger partial charge in [0.05, 0.1) is 0 Å². The van der Waals surface area contributed by atoms with Crippen LogP contribution in [-0.2, 0) is 20.4 Å². The van der Waals surface area contributed by atoms with Crippen LogP contribution in [0.25, 0.3) is 0 Å². The molecule has 5 heteroatoms. The predicted octanol–water partition coefficient (Wildman–Crippen LogP) is 5.10. The molecule has 0 unspecified atom stereocenters. The van der Waals surface area contributed by atoms with Crippen LogP contribution in [0, 0.1) is 0 Å². The van der Waals surface area contributed by atoms with E-state index in [2.05, 4.69) is 63.8 Å². The molecule has 1 aromatic rings. The molecule has 0 amide bonds. The Morgan fingerprint density at radius 3 is 1.71 bits per heavy atom. The molecular weight excluding hydrogens is 414 g/mol. The summed E-state index contributed by atoms with van der Waals surface area (Å²) in [5.74, 6) is 0.579. The molecule has 0 saturated heterocycles. The van der Waals surface area contributed by atoms with E-state index in [1.165, 1.54) is 11.0 Å². The van der Waals surface area contributed by atoms with Crippen molar-refractivity contribution in [3.05, 3.63) is 24.3 Å². The van der Waals surface area contributed by atoms with Gasteiger partial charge in [-0.2, -0.15) is 0 Å². The Morgan fingerprint density at radius 1 is 1.00 bits per heavy atom. The van der Waals surface area contributed by atoms with Gasteiger partial charge in [-0.3, -0.25) is 0 Å². The van der Waals surface area contributed by atoms with Gasteiger partial charge in [-0.1, -0.05) is 0 Å². The van der Waals surface area contributed by atoms with Gasteiger partial charge in [-0.15, -0.1) is 0 Å². The molecule has 1 nitrogen and oxygen atoms in total. The van der Waals surface area contributed by atoms with Crippen LogP contribution < -0.4 is 10.2 Å². The second-order valence-electron chi connectivity index (χ2n) is 7.37. The number of hydrogen-bond acceptors (Lipinski definition) is 1. The molecule has 0 aliphatic carbocycles. The van der Waals surface area contributed by atoms with Gasteiger partial charge in [0.1, 0.15) is 0 Å². The number of rotatable bonds is 4. The minimum atomic E-state index is -2.29. The van der Waals surface area contributed by atoms with E-state index in [-0.39, 0.29) is 30.7 Å². The van der Waals surface area contributed by atoms with Gasteiger partial charge in [-0.05, 0) is 0 Å². The van der Waals surface area contributed by atoms with E-state index >= 15 is 0 Å². The molecule has 0 fully saturated rings. The van der Waals surface area contributed by atoms with Gasteiger partial charge in [0.25, 0.3) is 0 Å². The zero-order chi connectivity index (χ0) is 15.8. The fourth-order valence-corrected chi connectivity index (χ4v) is 8.79. The van der Waals surface area contributed by atoms with E-state index in [0.29, 0.717) is 5.88 Å². The fraction of sp³-hybridized carbons (Fsp3) is 0.625.